The molecule has 0 spiro atoms. The minimum Gasteiger partial charge on any atom is -0.425 e. The van der Waals surface area contributed by atoms with E-state index in [0.29, 0.717) is 0 Å². The molecule has 2 saturated heterocycles. The lowest BCUT2D eigenvalue weighted by molar-refractivity contribution is -0.192. The third-order valence-electron chi connectivity index (χ3n) is 3.69. The second kappa shape index (κ2) is 6.36. The van der Waals surface area contributed by atoms with E-state index in [9.17, 15) is 14.4 Å². The van der Waals surface area contributed by atoms with Crippen molar-refractivity contribution >= 4 is 68.1 Å². The van der Waals surface area contributed by atoms with Crippen LogP contribution in [0.3, 0.4) is 0 Å². The summed E-state index contributed by atoms with van der Waals surface area (Å²) in [6, 6.07) is -0.703. The Hall–Kier alpha value is -0.0300. The van der Waals surface area contributed by atoms with E-state index in [4.69, 9.17) is 9.47 Å². The van der Waals surface area contributed by atoms with E-state index in [2.05, 4.69) is 38.5 Å². The molecule has 0 aromatic heterocycles. The van der Waals surface area contributed by atoms with Gasteiger partial charge in [-0.3, -0.25) is 9.59 Å². The van der Waals surface area contributed by atoms with Crippen LogP contribution in [0.2, 0.25) is 0 Å². The first-order chi connectivity index (χ1) is 10.4. The number of halogens is 2. The summed E-state index contributed by atoms with van der Waals surface area (Å²) in [6.45, 7) is 8.70. The molecule has 1 amide bonds. The lowest BCUT2D eigenvalue weighted by Gasteiger charge is -2.46. The van der Waals surface area contributed by atoms with Crippen LogP contribution in [0.15, 0.2) is 0 Å². The number of fused-ring (bicyclic) bond motifs is 1. The van der Waals surface area contributed by atoms with Crippen molar-refractivity contribution in [2.45, 2.75) is 59.4 Å². The van der Waals surface area contributed by atoms with Gasteiger partial charge in [0.25, 0.3) is 5.91 Å². The molecule has 2 aliphatic heterocycles. The first-order valence-corrected chi connectivity index (χ1v) is 9.94. The number of hydrogen-bond acceptors (Lipinski definition) is 6. The van der Waals surface area contributed by atoms with E-state index >= 15 is 0 Å². The van der Waals surface area contributed by atoms with Crippen LogP contribution in [-0.2, 0) is 23.9 Å². The molecule has 2 rings (SSSR count). The SMILES string of the molecule is CC(OC(=O)C(C)C)OC(=O)[C@@H]1N2C(=O)C(Br)(I)[C@H]2SC1(C)C. The number of nitrogens with zero attached hydrogens (tertiary/aromatic N) is 1. The molecule has 9 heteroatoms. The fraction of sp³-hybridized carbons (Fsp3) is 0.786. The number of esters is 2. The molecule has 0 aromatic rings. The van der Waals surface area contributed by atoms with Gasteiger partial charge in [0.15, 0.2) is 2.33 Å². The maximum Gasteiger partial charge on any atom is 0.333 e. The van der Waals surface area contributed by atoms with Crippen molar-refractivity contribution in [1.29, 1.82) is 0 Å². The lowest BCUT2D eigenvalue weighted by atomic mass is 9.98. The molecule has 0 aliphatic carbocycles. The van der Waals surface area contributed by atoms with Gasteiger partial charge in [0.1, 0.15) is 11.4 Å². The summed E-state index contributed by atoms with van der Waals surface area (Å²) in [6.07, 6.45) is -0.984. The Morgan fingerprint density at radius 3 is 2.39 bits per heavy atom. The van der Waals surface area contributed by atoms with Crippen molar-refractivity contribution in [2.75, 3.05) is 0 Å². The highest BCUT2D eigenvalue weighted by Gasteiger charge is 2.70. The summed E-state index contributed by atoms with van der Waals surface area (Å²) in [7, 11) is 0. The van der Waals surface area contributed by atoms with Gasteiger partial charge in [-0.25, -0.2) is 4.79 Å². The molecule has 0 saturated carbocycles. The quantitative estimate of drug-likeness (QED) is 0.187. The van der Waals surface area contributed by atoms with Crippen molar-refractivity contribution in [3.63, 3.8) is 0 Å². The molecule has 4 atom stereocenters. The van der Waals surface area contributed by atoms with Gasteiger partial charge in [-0.05, 0) is 13.8 Å². The Morgan fingerprint density at radius 2 is 1.87 bits per heavy atom. The van der Waals surface area contributed by atoms with E-state index in [1.54, 1.807) is 30.5 Å². The number of β-lactam (4-membered cyclic amide) rings is 1. The highest BCUT2D eigenvalue weighted by molar-refractivity contribution is 14.1. The van der Waals surface area contributed by atoms with Gasteiger partial charge >= 0.3 is 11.9 Å². The Bertz CT molecular complexity index is 553. The van der Waals surface area contributed by atoms with E-state index in [1.807, 2.05) is 13.8 Å². The highest BCUT2D eigenvalue weighted by Crippen LogP contribution is 2.60. The molecule has 2 aliphatic rings. The fourth-order valence-electron chi connectivity index (χ4n) is 2.51. The Balaban J connectivity index is 2.07. The van der Waals surface area contributed by atoms with Gasteiger partial charge in [-0.15, -0.1) is 11.8 Å². The number of ether oxygens (including phenoxy) is 2. The first-order valence-electron chi connectivity index (χ1n) is 7.19. The van der Waals surface area contributed by atoms with Gasteiger partial charge in [0.2, 0.25) is 6.29 Å². The average molecular weight is 520 g/mol. The fourth-order valence-corrected chi connectivity index (χ4v) is 5.67. The number of amides is 1. The normalized spacial score (nSPS) is 33.0. The van der Waals surface area contributed by atoms with Crippen LogP contribution in [0.25, 0.3) is 0 Å². The molecule has 0 radical (unpaired) electrons. The van der Waals surface area contributed by atoms with Crippen LogP contribution in [0.4, 0.5) is 0 Å². The van der Waals surface area contributed by atoms with Crippen LogP contribution in [0.5, 0.6) is 0 Å². The number of alkyl halides is 2. The molecule has 2 unspecified atom stereocenters. The molecule has 6 nitrogen and oxygen atoms in total. The zero-order valence-electron chi connectivity index (χ0n) is 13.5. The number of carbonyl (C=O) groups is 3. The van der Waals surface area contributed by atoms with Crippen molar-refractivity contribution < 1.29 is 23.9 Å². The van der Waals surface area contributed by atoms with Gasteiger partial charge in [0.05, 0.1) is 5.92 Å². The summed E-state index contributed by atoms with van der Waals surface area (Å²) in [5.41, 5.74) is 0. The van der Waals surface area contributed by atoms with Crippen LogP contribution in [-0.4, -0.2) is 47.5 Å². The average Bonchev–Trinajstić information content (AvgIpc) is 2.68. The largest absolute Gasteiger partial charge is 0.425 e. The van der Waals surface area contributed by atoms with Crippen molar-refractivity contribution in [3.8, 4) is 0 Å². The standard InChI is InChI=1S/C14H19BrINO5S/c1-6(2)9(18)21-7(3)22-10(19)8-13(4,5)23-12-14(15,16)11(20)17(8)12/h6-8,12H,1-5H3/t7?,8-,12+,14?/m0/s1. The molecule has 0 aromatic carbocycles. The predicted octanol–water partition coefficient (Wildman–Crippen LogP) is 2.66. The second-order valence-electron chi connectivity index (χ2n) is 6.41. The molecule has 0 N–H and O–H groups in total. The predicted molar refractivity (Wildman–Crippen MR) is 98.3 cm³/mol. The minimum atomic E-state index is -0.984. The third-order valence-corrected chi connectivity index (χ3v) is 7.88. The zero-order chi connectivity index (χ0) is 17.7. The van der Waals surface area contributed by atoms with Crippen LogP contribution >= 0.6 is 50.3 Å². The monoisotopic (exact) mass is 519 g/mol. The van der Waals surface area contributed by atoms with Crippen LogP contribution in [0, 0.1) is 5.92 Å². The summed E-state index contributed by atoms with van der Waals surface area (Å²) >= 11 is 7.02. The summed E-state index contributed by atoms with van der Waals surface area (Å²) in [5.74, 6) is -1.43. The van der Waals surface area contributed by atoms with E-state index < -0.39 is 31.3 Å². The second-order valence-corrected chi connectivity index (χ2v) is 12.6. The molecule has 2 heterocycles. The molecule has 130 valence electrons. The summed E-state index contributed by atoms with van der Waals surface area (Å²) in [4.78, 5) is 37.9. The van der Waals surface area contributed by atoms with Crippen LogP contribution in [0.1, 0.15) is 34.6 Å². The number of rotatable bonds is 4. The zero-order valence-corrected chi connectivity index (χ0v) is 18.0. The highest BCUT2D eigenvalue weighted by atomic mass is 127. The Labute approximate surface area is 161 Å². The Morgan fingerprint density at radius 1 is 1.30 bits per heavy atom. The van der Waals surface area contributed by atoms with Crippen LogP contribution < -0.4 is 0 Å². The lowest BCUT2D eigenvalue weighted by Crippen LogP contribution is -2.68. The molecular formula is C14H19BrINO5S. The molecule has 2 fully saturated rings. The van der Waals surface area contributed by atoms with Crippen molar-refractivity contribution in [3.05, 3.63) is 0 Å². The van der Waals surface area contributed by atoms with Gasteiger partial charge in [0, 0.05) is 11.7 Å². The van der Waals surface area contributed by atoms with E-state index in [1.165, 1.54) is 6.92 Å². The summed E-state index contributed by atoms with van der Waals surface area (Å²) in [5, 5.41) is -0.128. The molecular weight excluding hydrogens is 501 g/mol. The number of carbonyl (C=O) groups excluding carboxylic acids is 3. The smallest absolute Gasteiger partial charge is 0.333 e. The van der Waals surface area contributed by atoms with Crippen molar-refractivity contribution in [1.82, 2.24) is 4.90 Å². The Kier molecular flexibility index (Phi) is 5.34. The number of hydrogen-bond donors (Lipinski definition) is 0. The van der Waals surface area contributed by atoms with E-state index in [-0.39, 0.29) is 17.2 Å². The maximum atomic E-state index is 12.5. The maximum absolute atomic E-state index is 12.5. The molecule has 0 bridgehead atoms. The number of thioether (sulfide) groups is 1. The van der Waals surface area contributed by atoms with Gasteiger partial charge in [-0.1, -0.05) is 52.4 Å². The summed E-state index contributed by atoms with van der Waals surface area (Å²) < 4.78 is 9.14. The van der Waals surface area contributed by atoms with E-state index in [0.717, 1.165) is 0 Å². The molecule has 23 heavy (non-hydrogen) atoms. The minimum absolute atomic E-state index is 0.128. The van der Waals surface area contributed by atoms with Gasteiger partial charge in [-0.2, -0.15) is 0 Å². The van der Waals surface area contributed by atoms with Crippen molar-refractivity contribution in [2.24, 2.45) is 5.92 Å². The first kappa shape index (κ1) is 19.3. The third kappa shape index (κ3) is 3.37. The van der Waals surface area contributed by atoms with Gasteiger partial charge < -0.3 is 14.4 Å². The topological polar surface area (TPSA) is 72.9 Å².